The van der Waals surface area contributed by atoms with Gasteiger partial charge in [-0.3, -0.25) is 11.3 Å². The lowest BCUT2D eigenvalue weighted by molar-refractivity contribution is 0.545. The summed E-state index contributed by atoms with van der Waals surface area (Å²) in [6.07, 6.45) is 0.506. The summed E-state index contributed by atoms with van der Waals surface area (Å²) in [6, 6.07) is 9.92. The fraction of sp³-hybridized carbons (Fsp3) is 0.143. The first kappa shape index (κ1) is 15.7. The number of hydrazine groups is 1. The second-order valence-corrected chi connectivity index (χ2v) is 6.00. The van der Waals surface area contributed by atoms with E-state index in [-0.39, 0.29) is 11.1 Å². The Kier molecular flexibility index (Phi) is 5.41. The van der Waals surface area contributed by atoms with Gasteiger partial charge in [-0.25, -0.2) is 4.39 Å². The molecule has 2 aromatic carbocycles. The first-order valence-corrected chi connectivity index (χ1v) is 7.41. The smallest absolute Gasteiger partial charge is 0.142 e. The van der Waals surface area contributed by atoms with Gasteiger partial charge in [0.2, 0.25) is 0 Å². The maximum atomic E-state index is 13.5. The van der Waals surface area contributed by atoms with Crippen molar-refractivity contribution in [3.8, 4) is 0 Å². The van der Waals surface area contributed by atoms with E-state index in [1.807, 2.05) is 12.1 Å². The molecule has 2 rings (SSSR count). The van der Waals surface area contributed by atoms with Crippen LogP contribution in [0.4, 0.5) is 4.39 Å². The molecular formula is C14H12BrCl2FN2. The normalized spacial score (nSPS) is 12.4. The molecule has 2 aromatic rings. The predicted molar refractivity (Wildman–Crippen MR) is 84.3 cm³/mol. The lowest BCUT2D eigenvalue weighted by Gasteiger charge is -2.18. The van der Waals surface area contributed by atoms with Gasteiger partial charge in [-0.15, -0.1) is 0 Å². The second-order valence-electron chi connectivity index (χ2n) is 4.30. The molecule has 0 aliphatic heterocycles. The Morgan fingerprint density at radius 2 is 2.00 bits per heavy atom. The molecule has 106 valence electrons. The van der Waals surface area contributed by atoms with Crippen LogP contribution < -0.4 is 11.3 Å². The molecular weight excluding hydrogens is 366 g/mol. The van der Waals surface area contributed by atoms with E-state index in [9.17, 15) is 4.39 Å². The lowest BCUT2D eigenvalue weighted by Crippen LogP contribution is -2.30. The Bertz CT molecular complexity index is 622. The third-order valence-corrected chi connectivity index (χ3v) is 4.24. The molecule has 6 heteroatoms. The third-order valence-electron chi connectivity index (χ3n) is 3.00. The van der Waals surface area contributed by atoms with Crippen molar-refractivity contribution in [3.63, 3.8) is 0 Å². The number of rotatable bonds is 4. The van der Waals surface area contributed by atoms with E-state index in [2.05, 4.69) is 21.4 Å². The van der Waals surface area contributed by atoms with E-state index in [0.29, 0.717) is 17.0 Å². The van der Waals surface area contributed by atoms with Crippen LogP contribution in [0, 0.1) is 5.82 Å². The van der Waals surface area contributed by atoms with Gasteiger partial charge in [-0.2, -0.15) is 0 Å². The molecule has 0 aromatic heterocycles. The molecule has 3 N–H and O–H groups in total. The zero-order valence-corrected chi connectivity index (χ0v) is 13.4. The van der Waals surface area contributed by atoms with E-state index >= 15 is 0 Å². The SMILES string of the molecule is NNC(Cc1ccc(Br)cc1Cl)c1cccc(F)c1Cl. The summed E-state index contributed by atoms with van der Waals surface area (Å²) in [5.74, 6) is 5.10. The van der Waals surface area contributed by atoms with Crippen molar-refractivity contribution in [3.05, 3.63) is 67.9 Å². The summed E-state index contributed by atoms with van der Waals surface area (Å²) < 4.78 is 14.4. The maximum Gasteiger partial charge on any atom is 0.142 e. The van der Waals surface area contributed by atoms with Gasteiger partial charge in [-0.05, 0) is 35.7 Å². The van der Waals surface area contributed by atoms with Crippen LogP contribution in [0.2, 0.25) is 10.0 Å². The Hall–Kier alpha value is -0.650. The molecule has 0 bridgehead atoms. The first-order chi connectivity index (χ1) is 9.52. The molecule has 0 heterocycles. The number of halogens is 4. The molecule has 0 aliphatic rings. The summed E-state index contributed by atoms with van der Waals surface area (Å²) in [7, 11) is 0. The molecule has 1 atom stereocenters. The summed E-state index contributed by atoms with van der Waals surface area (Å²) in [5, 5.41) is 0.691. The number of hydrogen-bond acceptors (Lipinski definition) is 2. The van der Waals surface area contributed by atoms with E-state index in [0.717, 1.165) is 10.0 Å². The second kappa shape index (κ2) is 6.87. The summed E-state index contributed by atoms with van der Waals surface area (Å²) in [6.45, 7) is 0. The fourth-order valence-electron chi connectivity index (χ4n) is 1.96. The monoisotopic (exact) mass is 376 g/mol. The molecule has 0 radical (unpaired) electrons. The highest BCUT2D eigenvalue weighted by molar-refractivity contribution is 9.10. The minimum atomic E-state index is -0.466. The molecule has 20 heavy (non-hydrogen) atoms. The third kappa shape index (κ3) is 3.51. The number of nitrogens with one attached hydrogen (secondary N) is 1. The zero-order chi connectivity index (χ0) is 14.7. The van der Waals surface area contributed by atoms with Gasteiger partial charge >= 0.3 is 0 Å². The van der Waals surface area contributed by atoms with Crippen molar-refractivity contribution < 1.29 is 4.39 Å². The van der Waals surface area contributed by atoms with Crippen molar-refractivity contribution in [1.29, 1.82) is 0 Å². The lowest BCUT2D eigenvalue weighted by atomic mass is 9.99. The molecule has 1 unspecified atom stereocenters. The van der Waals surface area contributed by atoms with Gasteiger partial charge in [0, 0.05) is 9.50 Å². The molecule has 0 fully saturated rings. The number of hydrogen-bond donors (Lipinski definition) is 2. The summed E-state index contributed by atoms with van der Waals surface area (Å²) in [5.41, 5.74) is 4.16. The maximum absolute atomic E-state index is 13.5. The van der Waals surface area contributed by atoms with Gasteiger partial charge in [0.05, 0.1) is 11.1 Å². The van der Waals surface area contributed by atoms with Crippen LogP contribution in [0.5, 0.6) is 0 Å². The van der Waals surface area contributed by atoms with Crippen molar-refractivity contribution in [1.82, 2.24) is 5.43 Å². The highest BCUT2D eigenvalue weighted by atomic mass is 79.9. The summed E-state index contributed by atoms with van der Waals surface area (Å²) in [4.78, 5) is 0. The minimum Gasteiger partial charge on any atom is -0.271 e. The predicted octanol–water partition coefficient (Wildman–Crippen LogP) is 4.64. The Labute approximate surface area is 135 Å². The van der Waals surface area contributed by atoms with Crippen LogP contribution in [-0.4, -0.2) is 0 Å². The van der Waals surface area contributed by atoms with Crippen LogP contribution >= 0.6 is 39.1 Å². The molecule has 0 amide bonds. The Morgan fingerprint density at radius 3 is 2.65 bits per heavy atom. The van der Waals surface area contributed by atoms with Crippen LogP contribution in [0.1, 0.15) is 17.2 Å². The van der Waals surface area contributed by atoms with Crippen LogP contribution in [0.15, 0.2) is 40.9 Å². The number of nitrogens with two attached hydrogens (primary N) is 1. The quantitative estimate of drug-likeness (QED) is 0.601. The zero-order valence-electron chi connectivity index (χ0n) is 10.3. The topological polar surface area (TPSA) is 38.0 Å². The van der Waals surface area contributed by atoms with Gasteiger partial charge < -0.3 is 0 Å². The van der Waals surface area contributed by atoms with Gasteiger partial charge in [0.25, 0.3) is 0 Å². The Balaban J connectivity index is 2.31. The average Bonchev–Trinajstić information content (AvgIpc) is 2.42. The van der Waals surface area contributed by atoms with Crippen molar-refractivity contribution in [2.45, 2.75) is 12.5 Å². The molecule has 0 saturated carbocycles. The molecule has 2 nitrogen and oxygen atoms in total. The molecule has 0 saturated heterocycles. The fourth-order valence-corrected chi connectivity index (χ4v) is 2.96. The van der Waals surface area contributed by atoms with E-state index in [4.69, 9.17) is 29.0 Å². The molecule has 0 aliphatic carbocycles. The Morgan fingerprint density at radius 1 is 1.25 bits per heavy atom. The summed E-state index contributed by atoms with van der Waals surface area (Å²) >= 11 is 15.5. The van der Waals surface area contributed by atoms with Gasteiger partial charge in [0.15, 0.2) is 0 Å². The average molecular weight is 378 g/mol. The van der Waals surface area contributed by atoms with Crippen molar-refractivity contribution in [2.24, 2.45) is 5.84 Å². The van der Waals surface area contributed by atoms with E-state index < -0.39 is 5.82 Å². The largest absolute Gasteiger partial charge is 0.271 e. The van der Waals surface area contributed by atoms with Gasteiger partial charge in [0.1, 0.15) is 5.82 Å². The van der Waals surface area contributed by atoms with Crippen molar-refractivity contribution >= 4 is 39.1 Å². The van der Waals surface area contributed by atoms with Gasteiger partial charge in [-0.1, -0.05) is 57.3 Å². The minimum absolute atomic E-state index is 0.0729. The van der Waals surface area contributed by atoms with Crippen LogP contribution in [-0.2, 0) is 6.42 Å². The highest BCUT2D eigenvalue weighted by Crippen LogP contribution is 2.30. The first-order valence-electron chi connectivity index (χ1n) is 5.87. The van der Waals surface area contributed by atoms with Crippen molar-refractivity contribution in [2.75, 3.05) is 0 Å². The highest BCUT2D eigenvalue weighted by Gasteiger charge is 2.17. The van der Waals surface area contributed by atoms with E-state index in [1.165, 1.54) is 6.07 Å². The van der Waals surface area contributed by atoms with E-state index in [1.54, 1.807) is 18.2 Å². The van der Waals surface area contributed by atoms with Crippen LogP contribution in [0.25, 0.3) is 0 Å². The van der Waals surface area contributed by atoms with Crippen LogP contribution in [0.3, 0.4) is 0 Å². The molecule has 0 spiro atoms. The standard InChI is InChI=1S/C14H12BrCl2FN2/c15-9-5-4-8(11(16)7-9)6-13(20-19)10-2-1-3-12(18)14(10)17/h1-5,7,13,20H,6,19H2. The number of benzene rings is 2.